The van der Waals surface area contributed by atoms with E-state index in [1.807, 2.05) is 12.1 Å². The second-order valence-corrected chi connectivity index (χ2v) is 8.57. The van der Waals surface area contributed by atoms with Gasteiger partial charge >= 0.3 is 0 Å². The Balaban J connectivity index is 1.80. The number of halogens is 1. The number of ether oxygens (including phenoxy) is 2. The number of hydrogen-bond donors (Lipinski definition) is 2. The first-order valence-electron chi connectivity index (χ1n) is 9.41. The van der Waals surface area contributed by atoms with Crippen LogP contribution in [0.5, 0.6) is 11.5 Å². The minimum absolute atomic E-state index is 0.00922. The molecule has 0 atom stereocenters. The van der Waals surface area contributed by atoms with Gasteiger partial charge in [-0.25, -0.2) is 8.42 Å². The standard InChI is InChI=1S/C23H21ClN2O5S/c1-30-20-9-5-3-7-16(20)11-14-23(27)25-17-12-13-18(24)22(15-17)32(28,29)26-19-8-4-6-10-21(19)31-2/h3-15,26H,1-2H3,(H,25,27)/b14-11+. The monoisotopic (exact) mass is 472 g/mol. The van der Waals surface area contributed by atoms with Gasteiger partial charge in [-0.15, -0.1) is 0 Å². The van der Waals surface area contributed by atoms with E-state index in [2.05, 4.69) is 10.0 Å². The third kappa shape index (κ3) is 5.60. The first-order valence-corrected chi connectivity index (χ1v) is 11.3. The van der Waals surface area contributed by atoms with Crippen molar-refractivity contribution in [1.82, 2.24) is 0 Å². The molecule has 0 aliphatic rings. The summed E-state index contributed by atoms with van der Waals surface area (Å²) < 4.78 is 38.7. The fraction of sp³-hybridized carbons (Fsp3) is 0.0870. The van der Waals surface area contributed by atoms with Crippen molar-refractivity contribution in [3.8, 4) is 11.5 Å². The van der Waals surface area contributed by atoms with Gasteiger partial charge in [-0.05, 0) is 42.5 Å². The maximum Gasteiger partial charge on any atom is 0.263 e. The smallest absolute Gasteiger partial charge is 0.263 e. The first kappa shape index (κ1) is 23.2. The number of nitrogens with one attached hydrogen (secondary N) is 2. The number of hydrogen-bond acceptors (Lipinski definition) is 5. The average molecular weight is 473 g/mol. The summed E-state index contributed by atoms with van der Waals surface area (Å²) in [4.78, 5) is 12.2. The lowest BCUT2D eigenvalue weighted by atomic mass is 10.2. The number of rotatable bonds is 8. The molecule has 166 valence electrons. The normalized spacial score (nSPS) is 11.2. The van der Waals surface area contributed by atoms with Crippen molar-refractivity contribution >= 4 is 45.0 Å². The summed E-state index contributed by atoms with van der Waals surface area (Å²) in [5.41, 5.74) is 1.26. The van der Waals surface area contributed by atoms with E-state index >= 15 is 0 Å². The Bertz CT molecular complexity index is 1260. The van der Waals surface area contributed by atoms with Crippen LogP contribution >= 0.6 is 11.6 Å². The average Bonchev–Trinajstić information content (AvgIpc) is 2.79. The predicted molar refractivity (Wildman–Crippen MR) is 126 cm³/mol. The molecule has 0 spiro atoms. The van der Waals surface area contributed by atoms with Crippen LogP contribution in [-0.4, -0.2) is 28.5 Å². The van der Waals surface area contributed by atoms with Crippen LogP contribution in [0.3, 0.4) is 0 Å². The second kappa shape index (κ2) is 10.2. The zero-order chi connectivity index (χ0) is 23.1. The third-order valence-corrected chi connectivity index (χ3v) is 6.24. The lowest BCUT2D eigenvalue weighted by molar-refractivity contribution is -0.111. The number of carbonyl (C=O) groups is 1. The summed E-state index contributed by atoms with van der Waals surface area (Å²) in [7, 11) is -1.06. The molecule has 9 heteroatoms. The minimum Gasteiger partial charge on any atom is -0.496 e. The van der Waals surface area contributed by atoms with E-state index in [0.29, 0.717) is 11.5 Å². The van der Waals surface area contributed by atoms with Gasteiger partial charge in [-0.1, -0.05) is 41.9 Å². The van der Waals surface area contributed by atoms with Crippen LogP contribution in [0.2, 0.25) is 5.02 Å². The van der Waals surface area contributed by atoms with Crippen LogP contribution in [0.1, 0.15) is 5.56 Å². The first-order chi connectivity index (χ1) is 15.3. The van der Waals surface area contributed by atoms with E-state index in [9.17, 15) is 13.2 Å². The molecule has 0 unspecified atom stereocenters. The van der Waals surface area contributed by atoms with Gasteiger partial charge < -0.3 is 14.8 Å². The molecule has 2 N–H and O–H groups in total. The second-order valence-electron chi connectivity index (χ2n) is 6.52. The molecule has 0 radical (unpaired) electrons. The van der Waals surface area contributed by atoms with Gasteiger partial charge in [-0.3, -0.25) is 9.52 Å². The van der Waals surface area contributed by atoms with E-state index in [4.69, 9.17) is 21.1 Å². The van der Waals surface area contributed by atoms with Gasteiger partial charge in [0.1, 0.15) is 16.4 Å². The Labute approximate surface area is 191 Å². The molecule has 3 aromatic carbocycles. The maximum atomic E-state index is 12.9. The quantitative estimate of drug-likeness (QED) is 0.459. The summed E-state index contributed by atoms with van der Waals surface area (Å²) in [5.74, 6) is 0.538. The lowest BCUT2D eigenvalue weighted by Crippen LogP contribution is -2.15. The van der Waals surface area contributed by atoms with Crippen LogP contribution in [-0.2, 0) is 14.8 Å². The van der Waals surface area contributed by atoms with Gasteiger partial charge in [-0.2, -0.15) is 0 Å². The van der Waals surface area contributed by atoms with Gasteiger partial charge in [0.25, 0.3) is 10.0 Å². The molecule has 1 amide bonds. The van der Waals surface area contributed by atoms with Crippen molar-refractivity contribution in [2.24, 2.45) is 0 Å². The van der Waals surface area contributed by atoms with E-state index in [-0.39, 0.29) is 21.3 Å². The summed E-state index contributed by atoms with van der Waals surface area (Å²) >= 11 is 6.14. The molecular weight excluding hydrogens is 452 g/mol. The Hall–Kier alpha value is -3.49. The largest absolute Gasteiger partial charge is 0.496 e. The van der Waals surface area contributed by atoms with Crippen molar-refractivity contribution in [2.75, 3.05) is 24.3 Å². The fourth-order valence-electron chi connectivity index (χ4n) is 2.87. The molecule has 3 rings (SSSR count). The van der Waals surface area contributed by atoms with E-state index in [1.165, 1.54) is 31.4 Å². The third-order valence-electron chi connectivity index (χ3n) is 4.39. The van der Waals surface area contributed by atoms with Crippen molar-refractivity contribution in [3.63, 3.8) is 0 Å². The number of sulfonamides is 1. The van der Waals surface area contributed by atoms with E-state index in [0.717, 1.165) is 5.56 Å². The fourth-order valence-corrected chi connectivity index (χ4v) is 4.47. The SMILES string of the molecule is COc1ccccc1/C=C/C(=O)Nc1ccc(Cl)c(S(=O)(=O)Nc2ccccc2OC)c1. The number of anilines is 2. The van der Waals surface area contributed by atoms with E-state index < -0.39 is 15.9 Å². The minimum atomic E-state index is -4.05. The lowest BCUT2D eigenvalue weighted by Gasteiger charge is -2.13. The predicted octanol–water partition coefficient (Wildman–Crippen LogP) is 4.81. The van der Waals surface area contributed by atoms with Crippen LogP contribution in [0.15, 0.2) is 77.7 Å². The van der Waals surface area contributed by atoms with E-state index in [1.54, 1.807) is 49.6 Å². The topological polar surface area (TPSA) is 93.7 Å². The van der Waals surface area contributed by atoms with Crippen LogP contribution in [0.25, 0.3) is 6.08 Å². The van der Waals surface area contributed by atoms with Gasteiger partial charge in [0, 0.05) is 17.3 Å². The van der Waals surface area contributed by atoms with Crippen molar-refractivity contribution in [2.45, 2.75) is 4.90 Å². The number of methoxy groups -OCH3 is 2. The Morgan fingerprint density at radius 3 is 2.31 bits per heavy atom. The van der Waals surface area contributed by atoms with Gasteiger partial charge in [0.2, 0.25) is 5.91 Å². The molecule has 7 nitrogen and oxygen atoms in total. The summed E-state index contributed by atoms with van der Waals surface area (Å²) in [5, 5.41) is 2.64. The van der Waals surface area contributed by atoms with Crippen LogP contribution in [0.4, 0.5) is 11.4 Å². The highest BCUT2D eigenvalue weighted by atomic mass is 35.5. The maximum absolute atomic E-state index is 12.9. The molecule has 0 fully saturated rings. The molecule has 0 saturated heterocycles. The van der Waals surface area contributed by atoms with Gasteiger partial charge in [0.15, 0.2) is 0 Å². The Kier molecular flexibility index (Phi) is 7.40. The highest BCUT2D eigenvalue weighted by Crippen LogP contribution is 2.30. The highest BCUT2D eigenvalue weighted by Gasteiger charge is 2.20. The summed E-state index contributed by atoms with van der Waals surface area (Å²) in [6, 6.07) is 18.0. The molecule has 0 saturated carbocycles. The molecule has 0 heterocycles. The van der Waals surface area contributed by atoms with Crippen molar-refractivity contribution in [3.05, 3.63) is 83.4 Å². The number of benzene rings is 3. The van der Waals surface area contributed by atoms with Gasteiger partial charge in [0.05, 0.1) is 24.9 Å². The number of para-hydroxylation sites is 3. The highest BCUT2D eigenvalue weighted by molar-refractivity contribution is 7.92. The molecule has 0 bridgehead atoms. The van der Waals surface area contributed by atoms with Crippen molar-refractivity contribution < 1.29 is 22.7 Å². The Morgan fingerprint density at radius 2 is 1.59 bits per heavy atom. The van der Waals surface area contributed by atoms with Crippen LogP contribution < -0.4 is 19.5 Å². The molecule has 3 aromatic rings. The Morgan fingerprint density at radius 1 is 0.938 bits per heavy atom. The number of amides is 1. The molecule has 0 aliphatic carbocycles. The molecule has 32 heavy (non-hydrogen) atoms. The molecule has 0 aliphatic heterocycles. The molecular formula is C23H21ClN2O5S. The summed E-state index contributed by atoms with van der Waals surface area (Å²) in [6.07, 6.45) is 2.93. The summed E-state index contributed by atoms with van der Waals surface area (Å²) in [6.45, 7) is 0. The zero-order valence-electron chi connectivity index (χ0n) is 17.3. The number of carbonyl (C=O) groups excluding carboxylic acids is 1. The van der Waals surface area contributed by atoms with Crippen molar-refractivity contribution in [1.29, 1.82) is 0 Å². The zero-order valence-corrected chi connectivity index (χ0v) is 18.9. The van der Waals surface area contributed by atoms with Crippen LogP contribution in [0, 0.1) is 0 Å². The molecule has 0 aromatic heterocycles.